The molecule has 0 unspecified atom stereocenters. The number of anilines is 2. The fourth-order valence-electron chi connectivity index (χ4n) is 3.93. The smallest absolute Gasteiger partial charge is 0.370 e. The SMILES string of the molecule is CCCC[C@H]1CN(c2ccccc2)c2cc(SC)c(O/C=C(\F)C(=O)OCC)cc2S(=O)(=O)C1. The van der Waals surface area contributed by atoms with Crippen LogP contribution in [0.4, 0.5) is 15.8 Å². The molecule has 0 amide bonds. The van der Waals surface area contributed by atoms with Crippen molar-refractivity contribution in [3.63, 3.8) is 0 Å². The summed E-state index contributed by atoms with van der Waals surface area (Å²) in [6.45, 7) is 4.26. The molecule has 1 aliphatic rings. The van der Waals surface area contributed by atoms with E-state index in [1.54, 1.807) is 13.0 Å². The van der Waals surface area contributed by atoms with E-state index in [2.05, 4.69) is 11.7 Å². The predicted octanol–water partition coefficient (Wildman–Crippen LogP) is 5.89. The molecule has 0 spiro atoms. The van der Waals surface area contributed by atoms with Gasteiger partial charge in [0, 0.05) is 18.3 Å². The highest BCUT2D eigenvalue weighted by Gasteiger charge is 2.33. The van der Waals surface area contributed by atoms with Crippen molar-refractivity contribution in [2.45, 2.75) is 42.9 Å². The Balaban J connectivity index is 2.10. The summed E-state index contributed by atoms with van der Waals surface area (Å²) in [6, 6.07) is 12.9. The highest BCUT2D eigenvalue weighted by Crippen LogP contribution is 2.43. The number of fused-ring (bicyclic) bond motifs is 1. The minimum atomic E-state index is -3.65. The Labute approximate surface area is 205 Å². The molecular weight excluding hydrogens is 477 g/mol. The van der Waals surface area contributed by atoms with Crippen LogP contribution in [0.3, 0.4) is 0 Å². The summed E-state index contributed by atoms with van der Waals surface area (Å²) < 4.78 is 51.1. The molecule has 2 aromatic rings. The molecule has 0 N–H and O–H groups in total. The number of hydrogen-bond donors (Lipinski definition) is 0. The summed E-state index contributed by atoms with van der Waals surface area (Å²) in [5, 5.41) is 0. The molecular formula is C25H30FNO5S2. The predicted molar refractivity (Wildman–Crippen MR) is 133 cm³/mol. The number of carbonyl (C=O) groups is 1. The zero-order chi connectivity index (χ0) is 24.7. The summed E-state index contributed by atoms with van der Waals surface area (Å²) in [5.41, 5.74) is 1.47. The summed E-state index contributed by atoms with van der Waals surface area (Å²) in [5.74, 6) is -2.19. The average Bonchev–Trinajstić information content (AvgIpc) is 2.94. The van der Waals surface area contributed by atoms with Crippen LogP contribution < -0.4 is 9.64 Å². The first-order valence-electron chi connectivity index (χ1n) is 11.3. The normalized spacial score (nSPS) is 17.6. The molecule has 0 bridgehead atoms. The molecule has 2 aromatic carbocycles. The number of carbonyl (C=O) groups excluding carboxylic acids is 1. The van der Waals surface area contributed by atoms with Crippen LogP contribution in [-0.2, 0) is 19.4 Å². The lowest BCUT2D eigenvalue weighted by molar-refractivity contribution is -0.140. The maximum atomic E-state index is 14.0. The Morgan fingerprint density at radius 2 is 1.97 bits per heavy atom. The molecule has 0 fully saturated rings. The molecule has 34 heavy (non-hydrogen) atoms. The molecule has 9 heteroatoms. The summed E-state index contributed by atoms with van der Waals surface area (Å²) in [7, 11) is -3.65. The Bertz CT molecular complexity index is 1140. The Morgan fingerprint density at radius 1 is 1.24 bits per heavy atom. The fourth-order valence-corrected chi connectivity index (χ4v) is 6.32. The van der Waals surface area contributed by atoms with Crippen molar-refractivity contribution in [2.24, 2.45) is 5.92 Å². The van der Waals surface area contributed by atoms with Crippen LogP contribution in [0.1, 0.15) is 33.1 Å². The van der Waals surface area contributed by atoms with E-state index in [0.29, 0.717) is 23.4 Å². The second kappa shape index (κ2) is 11.8. The van der Waals surface area contributed by atoms with Gasteiger partial charge < -0.3 is 14.4 Å². The average molecular weight is 508 g/mol. The first-order valence-corrected chi connectivity index (χ1v) is 14.1. The minimum absolute atomic E-state index is 0.0222. The van der Waals surface area contributed by atoms with Crippen LogP contribution in [0.15, 0.2) is 64.3 Å². The number of ether oxygens (including phenoxy) is 2. The third kappa shape index (κ3) is 6.13. The molecule has 3 rings (SSSR count). The minimum Gasteiger partial charge on any atom is -0.461 e. The fraction of sp³-hybridized carbons (Fsp3) is 0.400. The Hall–Kier alpha value is -2.52. The molecule has 1 atom stereocenters. The van der Waals surface area contributed by atoms with Crippen molar-refractivity contribution >= 4 is 38.9 Å². The van der Waals surface area contributed by atoms with E-state index in [4.69, 9.17) is 4.74 Å². The van der Waals surface area contributed by atoms with Crippen LogP contribution in [0.25, 0.3) is 0 Å². The van der Waals surface area contributed by atoms with Gasteiger partial charge in [-0.1, -0.05) is 38.0 Å². The number of benzene rings is 2. The van der Waals surface area contributed by atoms with Gasteiger partial charge in [0.2, 0.25) is 5.83 Å². The lowest BCUT2D eigenvalue weighted by Crippen LogP contribution is -2.26. The van der Waals surface area contributed by atoms with Crippen molar-refractivity contribution in [1.29, 1.82) is 0 Å². The summed E-state index contributed by atoms with van der Waals surface area (Å²) in [6.07, 6.45) is 5.21. The largest absolute Gasteiger partial charge is 0.461 e. The van der Waals surface area contributed by atoms with Crippen LogP contribution >= 0.6 is 11.8 Å². The van der Waals surface area contributed by atoms with E-state index in [1.807, 2.05) is 41.5 Å². The van der Waals surface area contributed by atoms with E-state index in [1.165, 1.54) is 17.8 Å². The van der Waals surface area contributed by atoms with Crippen molar-refractivity contribution in [3.05, 3.63) is 54.6 Å². The second-order valence-electron chi connectivity index (χ2n) is 8.01. The molecule has 1 aliphatic heterocycles. The molecule has 6 nitrogen and oxygen atoms in total. The number of thioether (sulfide) groups is 1. The first-order chi connectivity index (χ1) is 16.3. The van der Waals surface area contributed by atoms with Crippen LogP contribution in [0.2, 0.25) is 0 Å². The van der Waals surface area contributed by atoms with Gasteiger partial charge in [0.1, 0.15) is 12.0 Å². The molecule has 0 aromatic heterocycles. The lowest BCUT2D eigenvalue weighted by Gasteiger charge is -2.28. The van der Waals surface area contributed by atoms with Gasteiger partial charge in [-0.15, -0.1) is 11.8 Å². The van der Waals surface area contributed by atoms with Gasteiger partial charge in [-0.3, -0.25) is 0 Å². The van der Waals surface area contributed by atoms with Crippen LogP contribution in [0, 0.1) is 5.92 Å². The molecule has 0 saturated heterocycles. The maximum Gasteiger partial charge on any atom is 0.370 e. The second-order valence-corrected chi connectivity index (χ2v) is 10.9. The number of nitrogens with zero attached hydrogens (tertiary/aromatic N) is 1. The molecule has 0 saturated carbocycles. The topological polar surface area (TPSA) is 72.9 Å². The molecule has 184 valence electrons. The van der Waals surface area contributed by atoms with Gasteiger partial charge in [0.15, 0.2) is 9.84 Å². The van der Waals surface area contributed by atoms with Crippen molar-refractivity contribution in [3.8, 4) is 5.75 Å². The van der Waals surface area contributed by atoms with E-state index in [0.717, 1.165) is 24.9 Å². The lowest BCUT2D eigenvalue weighted by atomic mass is 10.0. The highest BCUT2D eigenvalue weighted by atomic mass is 32.2. The zero-order valence-corrected chi connectivity index (χ0v) is 21.3. The Kier molecular flexibility index (Phi) is 9.02. The number of rotatable bonds is 9. The zero-order valence-electron chi connectivity index (χ0n) is 19.6. The van der Waals surface area contributed by atoms with Gasteiger partial charge in [-0.05, 0) is 43.7 Å². The van der Waals surface area contributed by atoms with Gasteiger partial charge in [-0.2, -0.15) is 4.39 Å². The number of para-hydroxylation sites is 1. The van der Waals surface area contributed by atoms with Gasteiger partial charge in [0.25, 0.3) is 0 Å². The third-order valence-corrected chi connectivity index (χ3v) is 8.23. The van der Waals surface area contributed by atoms with E-state index in [-0.39, 0.29) is 28.9 Å². The van der Waals surface area contributed by atoms with E-state index >= 15 is 0 Å². The van der Waals surface area contributed by atoms with Crippen molar-refractivity contribution < 1.29 is 27.1 Å². The monoisotopic (exact) mass is 507 g/mol. The van der Waals surface area contributed by atoms with Crippen LogP contribution in [0.5, 0.6) is 5.75 Å². The van der Waals surface area contributed by atoms with Crippen LogP contribution in [-0.4, -0.2) is 39.5 Å². The maximum absolute atomic E-state index is 14.0. The molecule has 1 heterocycles. The number of halogens is 1. The standard InChI is InChI=1S/C25H30FNO5S2/c1-4-6-10-18-15-27(19-11-8-7-9-12-19)21-13-23(33-3)22(14-24(21)34(29,30)17-18)32-16-20(26)25(28)31-5-2/h7-9,11-14,16,18H,4-6,10,15,17H2,1-3H3/b20-16-/t18-/m0/s1. The van der Waals surface area contributed by atoms with Crippen molar-refractivity contribution in [2.75, 3.05) is 30.1 Å². The number of unbranched alkanes of at least 4 members (excludes halogenated alkanes) is 1. The number of sulfone groups is 1. The van der Waals surface area contributed by atoms with Crippen molar-refractivity contribution in [1.82, 2.24) is 0 Å². The van der Waals surface area contributed by atoms with Gasteiger partial charge in [0.05, 0.1) is 27.8 Å². The molecule has 0 aliphatic carbocycles. The first kappa shape index (κ1) is 26.1. The number of esters is 1. The summed E-state index contributed by atoms with van der Waals surface area (Å²) >= 11 is 1.34. The quantitative estimate of drug-likeness (QED) is 0.181. The van der Waals surface area contributed by atoms with Gasteiger partial charge >= 0.3 is 5.97 Å². The Morgan fingerprint density at radius 3 is 2.62 bits per heavy atom. The van der Waals surface area contributed by atoms with Gasteiger partial charge in [-0.25, -0.2) is 13.2 Å². The van der Waals surface area contributed by atoms with E-state index in [9.17, 15) is 17.6 Å². The van der Waals surface area contributed by atoms with E-state index < -0.39 is 21.6 Å². The third-order valence-electron chi connectivity index (χ3n) is 5.56. The summed E-state index contributed by atoms with van der Waals surface area (Å²) in [4.78, 5) is 14.4. The molecule has 0 radical (unpaired) electrons. The number of hydrogen-bond acceptors (Lipinski definition) is 7. The highest BCUT2D eigenvalue weighted by molar-refractivity contribution is 7.98.